The topological polar surface area (TPSA) is 84.3 Å². The molecule has 0 aliphatic carbocycles. The number of hydrogen-bond acceptors (Lipinski definition) is 5. The Morgan fingerprint density at radius 3 is 2.38 bits per heavy atom. The quantitative estimate of drug-likeness (QED) is 0.550. The highest BCUT2D eigenvalue weighted by molar-refractivity contribution is 5.94. The van der Waals surface area contributed by atoms with Crippen molar-refractivity contribution < 1.29 is 32.2 Å². The van der Waals surface area contributed by atoms with Gasteiger partial charge in [-0.2, -0.15) is 0 Å². The van der Waals surface area contributed by atoms with Crippen LogP contribution in [0, 0.1) is 12.7 Å². The molecule has 1 atom stereocenters. The van der Waals surface area contributed by atoms with Crippen LogP contribution in [0.15, 0.2) is 48.5 Å². The maximum absolute atomic E-state index is 13.9. The van der Waals surface area contributed by atoms with Gasteiger partial charge in [-0.05, 0) is 67.9 Å². The maximum Gasteiger partial charge on any atom is 0.573 e. The summed E-state index contributed by atoms with van der Waals surface area (Å²) >= 11 is 0. The molecular formula is C22H19F4N3O3. The number of amides is 1. The Labute approximate surface area is 180 Å². The summed E-state index contributed by atoms with van der Waals surface area (Å²) in [6.07, 6.45) is -4.83. The molecule has 2 N–H and O–H groups in total. The number of aryl methyl sites for hydroxylation is 1. The molecule has 0 spiro atoms. The van der Waals surface area contributed by atoms with Crippen LogP contribution in [0.3, 0.4) is 0 Å². The van der Waals surface area contributed by atoms with Crippen molar-refractivity contribution in [2.45, 2.75) is 26.3 Å². The van der Waals surface area contributed by atoms with Gasteiger partial charge in [-0.25, -0.2) is 14.4 Å². The molecule has 1 amide bonds. The molecular weight excluding hydrogens is 430 g/mol. The lowest BCUT2D eigenvalue weighted by atomic mass is 10.1. The first-order valence-electron chi connectivity index (χ1n) is 9.48. The monoisotopic (exact) mass is 449 g/mol. The Morgan fingerprint density at radius 1 is 1.09 bits per heavy atom. The minimum Gasteiger partial charge on any atom is -0.406 e. The van der Waals surface area contributed by atoms with E-state index in [0.717, 1.165) is 12.1 Å². The highest BCUT2D eigenvalue weighted by Crippen LogP contribution is 2.28. The number of nitrogens with zero attached hydrogens (tertiary/aromatic N) is 2. The van der Waals surface area contributed by atoms with Crippen molar-refractivity contribution in [2.75, 3.05) is 6.61 Å². The van der Waals surface area contributed by atoms with Gasteiger partial charge in [0.1, 0.15) is 17.3 Å². The SMILES string of the molecule is Cc1cc(F)cc(-c2nc(C(=O)N[C@@H](C)CO)cc(-c3ccc(OC(F)(F)F)cc3)n2)c1. The summed E-state index contributed by atoms with van der Waals surface area (Å²) in [5, 5.41) is 11.7. The van der Waals surface area contributed by atoms with Gasteiger partial charge in [-0.1, -0.05) is 0 Å². The van der Waals surface area contributed by atoms with Gasteiger partial charge in [0.15, 0.2) is 5.82 Å². The summed E-state index contributed by atoms with van der Waals surface area (Å²) in [6, 6.07) is 9.92. The third kappa shape index (κ3) is 6.01. The first-order valence-corrected chi connectivity index (χ1v) is 9.48. The fraction of sp³-hybridized carbons (Fsp3) is 0.227. The second-order valence-electron chi connectivity index (χ2n) is 7.11. The normalized spacial score (nSPS) is 12.3. The average molecular weight is 449 g/mol. The predicted molar refractivity (Wildman–Crippen MR) is 108 cm³/mol. The van der Waals surface area contributed by atoms with E-state index in [1.807, 2.05) is 0 Å². The zero-order chi connectivity index (χ0) is 23.5. The molecule has 0 bridgehead atoms. The van der Waals surface area contributed by atoms with Gasteiger partial charge in [0.25, 0.3) is 5.91 Å². The number of alkyl halides is 3. The Balaban J connectivity index is 2.06. The standard InChI is InChI=1S/C22H19F4N3O3/c1-12-7-15(9-16(23)8-12)20-28-18(10-19(29-20)21(31)27-13(2)11-30)14-3-5-17(6-4-14)32-22(24,25)26/h3-10,13,30H,11H2,1-2H3,(H,27,31)/t13-/m0/s1. The molecule has 32 heavy (non-hydrogen) atoms. The first kappa shape index (κ1) is 23.1. The molecule has 0 saturated carbocycles. The highest BCUT2D eigenvalue weighted by atomic mass is 19.4. The third-order valence-corrected chi connectivity index (χ3v) is 4.29. The van der Waals surface area contributed by atoms with Crippen molar-refractivity contribution in [1.82, 2.24) is 15.3 Å². The van der Waals surface area contributed by atoms with Crippen LogP contribution in [0.4, 0.5) is 17.6 Å². The van der Waals surface area contributed by atoms with Gasteiger partial charge in [-0.15, -0.1) is 13.2 Å². The predicted octanol–water partition coefficient (Wildman–Crippen LogP) is 4.27. The number of aliphatic hydroxyl groups excluding tert-OH is 1. The minimum absolute atomic E-state index is 0.0529. The highest BCUT2D eigenvalue weighted by Gasteiger charge is 2.31. The number of rotatable bonds is 6. The van der Waals surface area contributed by atoms with E-state index in [-0.39, 0.29) is 23.8 Å². The van der Waals surface area contributed by atoms with Crippen LogP contribution in [0.5, 0.6) is 5.75 Å². The lowest BCUT2D eigenvalue weighted by molar-refractivity contribution is -0.274. The van der Waals surface area contributed by atoms with E-state index in [0.29, 0.717) is 16.7 Å². The first-order chi connectivity index (χ1) is 15.0. The van der Waals surface area contributed by atoms with E-state index in [4.69, 9.17) is 0 Å². The van der Waals surface area contributed by atoms with E-state index in [1.54, 1.807) is 19.9 Å². The number of benzene rings is 2. The van der Waals surface area contributed by atoms with E-state index in [1.165, 1.54) is 30.3 Å². The third-order valence-electron chi connectivity index (χ3n) is 4.29. The van der Waals surface area contributed by atoms with Crippen LogP contribution in [-0.2, 0) is 0 Å². The van der Waals surface area contributed by atoms with E-state index in [9.17, 15) is 27.5 Å². The van der Waals surface area contributed by atoms with Gasteiger partial charge in [-0.3, -0.25) is 4.79 Å². The Kier molecular flexibility index (Phi) is 6.73. The van der Waals surface area contributed by atoms with Gasteiger partial charge in [0, 0.05) is 17.2 Å². The Bertz CT molecular complexity index is 1100. The number of ether oxygens (including phenoxy) is 1. The largest absolute Gasteiger partial charge is 0.573 e. The van der Waals surface area contributed by atoms with E-state index < -0.39 is 29.9 Å². The number of aromatic nitrogens is 2. The van der Waals surface area contributed by atoms with E-state index in [2.05, 4.69) is 20.0 Å². The molecule has 1 aromatic heterocycles. The van der Waals surface area contributed by atoms with Crippen LogP contribution < -0.4 is 10.1 Å². The Hall–Kier alpha value is -3.53. The summed E-state index contributed by atoms with van der Waals surface area (Å²) in [4.78, 5) is 21.2. The second kappa shape index (κ2) is 9.31. The number of hydrogen-bond donors (Lipinski definition) is 2. The molecule has 0 radical (unpaired) electrons. The van der Waals surface area contributed by atoms with Crippen molar-refractivity contribution >= 4 is 5.91 Å². The number of halogens is 4. The molecule has 6 nitrogen and oxygen atoms in total. The molecule has 10 heteroatoms. The number of nitrogens with one attached hydrogen (secondary N) is 1. The molecule has 0 aliphatic rings. The summed E-state index contributed by atoms with van der Waals surface area (Å²) in [7, 11) is 0. The summed E-state index contributed by atoms with van der Waals surface area (Å²) in [5.41, 5.74) is 1.51. The van der Waals surface area contributed by atoms with Gasteiger partial charge in [0.05, 0.1) is 12.3 Å². The average Bonchev–Trinajstić information content (AvgIpc) is 2.72. The maximum atomic E-state index is 13.9. The van der Waals surface area contributed by atoms with Gasteiger partial charge < -0.3 is 15.2 Å². The second-order valence-corrected chi connectivity index (χ2v) is 7.11. The fourth-order valence-corrected chi connectivity index (χ4v) is 2.88. The molecule has 0 saturated heterocycles. The summed E-state index contributed by atoms with van der Waals surface area (Å²) in [6.45, 7) is 2.99. The lowest BCUT2D eigenvalue weighted by Crippen LogP contribution is -2.35. The molecule has 1 heterocycles. The molecule has 3 aromatic rings. The minimum atomic E-state index is -4.83. The smallest absolute Gasteiger partial charge is 0.406 e. The lowest BCUT2D eigenvalue weighted by Gasteiger charge is -2.13. The molecule has 0 fully saturated rings. The zero-order valence-electron chi connectivity index (χ0n) is 17.1. The van der Waals surface area contributed by atoms with Crippen LogP contribution in [-0.4, -0.2) is 40.0 Å². The molecule has 0 aliphatic heterocycles. The van der Waals surface area contributed by atoms with Crippen molar-refractivity contribution in [3.8, 4) is 28.4 Å². The van der Waals surface area contributed by atoms with Crippen molar-refractivity contribution in [2.24, 2.45) is 0 Å². The molecule has 2 aromatic carbocycles. The number of aliphatic hydroxyl groups is 1. The Morgan fingerprint density at radius 2 is 1.78 bits per heavy atom. The summed E-state index contributed by atoms with van der Waals surface area (Å²) in [5.74, 6) is -1.46. The molecule has 168 valence electrons. The van der Waals surface area contributed by atoms with Crippen molar-refractivity contribution in [3.05, 3.63) is 65.6 Å². The van der Waals surface area contributed by atoms with Crippen LogP contribution in [0.2, 0.25) is 0 Å². The van der Waals surface area contributed by atoms with Crippen LogP contribution in [0.1, 0.15) is 23.0 Å². The van der Waals surface area contributed by atoms with Crippen LogP contribution >= 0.6 is 0 Å². The fourth-order valence-electron chi connectivity index (χ4n) is 2.88. The zero-order valence-corrected chi connectivity index (χ0v) is 17.1. The van der Waals surface area contributed by atoms with Gasteiger partial charge >= 0.3 is 6.36 Å². The van der Waals surface area contributed by atoms with Crippen molar-refractivity contribution in [1.29, 1.82) is 0 Å². The van der Waals surface area contributed by atoms with Crippen molar-refractivity contribution in [3.63, 3.8) is 0 Å². The molecule has 3 rings (SSSR count). The number of carbonyl (C=O) groups is 1. The van der Waals surface area contributed by atoms with Crippen LogP contribution in [0.25, 0.3) is 22.6 Å². The van der Waals surface area contributed by atoms with Gasteiger partial charge in [0.2, 0.25) is 0 Å². The number of carbonyl (C=O) groups excluding carboxylic acids is 1. The van der Waals surface area contributed by atoms with E-state index >= 15 is 0 Å². The summed E-state index contributed by atoms with van der Waals surface area (Å²) < 4.78 is 55.0. The molecule has 0 unspecified atom stereocenters.